The number of urea groups is 1. The topological polar surface area (TPSA) is 57.9 Å². The zero-order valence-electron chi connectivity index (χ0n) is 14.3. The Morgan fingerprint density at radius 2 is 1.81 bits per heavy atom. The summed E-state index contributed by atoms with van der Waals surface area (Å²) in [5, 5.41) is 0. The number of benzene rings is 1. The van der Waals surface area contributed by atoms with E-state index in [0.29, 0.717) is 25.1 Å². The third-order valence-electron chi connectivity index (χ3n) is 5.25. The molecule has 1 aromatic heterocycles. The minimum Gasteiger partial charge on any atom is -0.309 e. The number of pyridine rings is 1. The SMILES string of the molecule is [C-]#[N+]c1ccc(CC23CCCN2C(=O)N(Cc2ccncc2)C3=O)cc1. The fourth-order valence-corrected chi connectivity index (χ4v) is 3.96. The molecule has 1 unspecified atom stereocenters. The Kier molecular flexibility index (Phi) is 3.92. The number of fused-ring (bicyclic) bond motifs is 1. The predicted molar refractivity (Wildman–Crippen MR) is 95.3 cm³/mol. The van der Waals surface area contributed by atoms with Crippen molar-refractivity contribution in [2.24, 2.45) is 0 Å². The van der Waals surface area contributed by atoms with Crippen molar-refractivity contribution in [3.8, 4) is 0 Å². The van der Waals surface area contributed by atoms with Crippen molar-refractivity contribution < 1.29 is 9.59 Å². The summed E-state index contributed by atoms with van der Waals surface area (Å²) < 4.78 is 0. The van der Waals surface area contributed by atoms with Crippen LogP contribution < -0.4 is 0 Å². The zero-order valence-corrected chi connectivity index (χ0v) is 14.3. The largest absolute Gasteiger partial charge is 0.327 e. The van der Waals surface area contributed by atoms with Gasteiger partial charge in [-0.3, -0.25) is 14.7 Å². The summed E-state index contributed by atoms with van der Waals surface area (Å²) in [6.45, 7) is 7.93. The number of amides is 3. The van der Waals surface area contributed by atoms with Gasteiger partial charge in [0.15, 0.2) is 5.69 Å². The number of imide groups is 1. The van der Waals surface area contributed by atoms with E-state index in [2.05, 4.69) is 9.83 Å². The Bertz CT molecular complexity index is 888. The van der Waals surface area contributed by atoms with Crippen LogP contribution in [-0.4, -0.2) is 38.8 Å². The highest BCUT2D eigenvalue weighted by Crippen LogP contribution is 2.41. The second-order valence-electron chi connectivity index (χ2n) is 6.77. The maximum atomic E-state index is 13.3. The summed E-state index contributed by atoms with van der Waals surface area (Å²) in [4.78, 5) is 36.6. The van der Waals surface area contributed by atoms with Crippen LogP contribution in [-0.2, 0) is 17.8 Å². The Morgan fingerprint density at radius 3 is 2.50 bits per heavy atom. The maximum absolute atomic E-state index is 13.3. The normalized spacial score (nSPS) is 21.8. The van der Waals surface area contributed by atoms with E-state index in [-0.39, 0.29) is 18.5 Å². The molecule has 0 radical (unpaired) electrons. The molecule has 4 rings (SSSR count). The van der Waals surface area contributed by atoms with E-state index in [9.17, 15) is 9.59 Å². The quantitative estimate of drug-likeness (QED) is 0.631. The van der Waals surface area contributed by atoms with Crippen molar-refractivity contribution in [3.05, 3.63) is 71.3 Å². The zero-order chi connectivity index (χ0) is 18.1. The van der Waals surface area contributed by atoms with Crippen molar-refractivity contribution in [1.29, 1.82) is 0 Å². The Morgan fingerprint density at radius 1 is 1.08 bits per heavy atom. The highest BCUT2D eigenvalue weighted by molar-refractivity contribution is 6.07. The van der Waals surface area contributed by atoms with Gasteiger partial charge < -0.3 is 4.90 Å². The number of rotatable bonds is 4. The minimum atomic E-state index is -0.788. The molecule has 0 N–H and O–H groups in total. The van der Waals surface area contributed by atoms with Crippen molar-refractivity contribution in [1.82, 2.24) is 14.8 Å². The molecule has 3 heterocycles. The van der Waals surface area contributed by atoms with Gasteiger partial charge in [0.25, 0.3) is 5.91 Å². The molecule has 2 aliphatic heterocycles. The standard InChI is InChI=1S/C20H18N4O2/c1-21-17-5-3-15(4-6-17)13-20-9-2-12-24(20)19(26)23(18(20)25)14-16-7-10-22-11-8-16/h3-8,10-11H,2,9,12-14H2. The van der Waals surface area contributed by atoms with E-state index in [1.54, 1.807) is 29.4 Å². The van der Waals surface area contributed by atoms with Gasteiger partial charge >= 0.3 is 6.03 Å². The first-order valence-corrected chi connectivity index (χ1v) is 8.63. The molecule has 0 bridgehead atoms. The van der Waals surface area contributed by atoms with Crippen LogP contribution in [0.3, 0.4) is 0 Å². The second-order valence-corrected chi connectivity index (χ2v) is 6.77. The number of nitrogens with zero attached hydrogens (tertiary/aromatic N) is 4. The maximum Gasteiger partial charge on any atom is 0.327 e. The van der Waals surface area contributed by atoms with Crippen LogP contribution in [0.1, 0.15) is 24.0 Å². The van der Waals surface area contributed by atoms with E-state index in [4.69, 9.17) is 6.57 Å². The summed E-state index contributed by atoms with van der Waals surface area (Å²) >= 11 is 0. The van der Waals surface area contributed by atoms with Crippen LogP contribution in [0.15, 0.2) is 48.8 Å². The summed E-state index contributed by atoms with van der Waals surface area (Å²) in [5.74, 6) is -0.119. The van der Waals surface area contributed by atoms with Crippen LogP contribution in [0.4, 0.5) is 10.5 Å². The molecule has 26 heavy (non-hydrogen) atoms. The highest BCUT2D eigenvalue weighted by Gasteiger charge is 2.59. The molecule has 1 aromatic carbocycles. The summed E-state index contributed by atoms with van der Waals surface area (Å²) in [7, 11) is 0. The summed E-state index contributed by atoms with van der Waals surface area (Å²) in [5.41, 5.74) is 1.64. The van der Waals surface area contributed by atoms with Gasteiger partial charge in [-0.15, -0.1) is 0 Å². The predicted octanol–water partition coefficient (Wildman–Crippen LogP) is 3.17. The lowest BCUT2D eigenvalue weighted by Gasteiger charge is -2.28. The first kappa shape index (κ1) is 16.3. The number of aromatic nitrogens is 1. The summed E-state index contributed by atoms with van der Waals surface area (Å²) in [6.07, 6.45) is 5.32. The molecule has 2 aliphatic rings. The number of hydrogen-bond donors (Lipinski definition) is 0. The molecule has 6 nitrogen and oxygen atoms in total. The van der Waals surface area contributed by atoms with E-state index in [0.717, 1.165) is 17.5 Å². The number of hydrogen-bond acceptors (Lipinski definition) is 3. The van der Waals surface area contributed by atoms with Gasteiger partial charge in [0.1, 0.15) is 5.54 Å². The van der Waals surface area contributed by atoms with E-state index >= 15 is 0 Å². The van der Waals surface area contributed by atoms with Crippen LogP contribution in [0, 0.1) is 6.57 Å². The van der Waals surface area contributed by atoms with Gasteiger partial charge in [-0.25, -0.2) is 9.64 Å². The van der Waals surface area contributed by atoms with Gasteiger partial charge in [0.05, 0.1) is 13.1 Å². The van der Waals surface area contributed by atoms with Gasteiger partial charge in [-0.2, -0.15) is 0 Å². The first-order valence-electron chi connectivity index (χ1n) is 8.63. The molecule has 3 amide bonds. The van der Waals surface area contributed by atoms with Crippen molar-refractivity contribution in [3.63, 3.8) is 0 Å². The fraction of sp³-hybridized carbons (Fsp3) is 0.300. The number of carbonyl (C=O) groups is 2. The fourth-order valence-electron chi connectivity index (χ4n) is 3.96. The molecule has 130 valence electrons. The van der Waals surface area contributed by atoms with Gasteiger partial charge in [-0.05, 0) is 36.1 Å². The molecule has 0 saturated carbocycles. The van der Waals surface area contributed by atoms with E-state index in [1.165, 1.54) is 4.90 Å². The lowest BCUT2D eigenvalue weighted by atomic mass is 9.88. The van der Waals surface area contributed by atoms with Crippen LogP contribution in [0.25, 0.3) is 4.85 Å². The van der Waals surface area contributed by atoms with Gasteiger partial charge in [0, 0.05) is 25.4 Å². The lowest BCUT2D eigenvalue weighted by Crippen LogP contribution is -2.47. The minimum absolute atomic E-state index is 0.119. The Balaban J connectivity index is 1.62. The molecule has 0 aliphatic carbocycles. The Hall–Kier alpha value is -3.20. The van der Waals surface area contributed by atoms with Crippen molar-refractivity contribution in [2.45, 2.75) is 31.3 Å². The first-order chi connectivity index (χ1) is 12.6. The Labute approximate surface area is 151 Å². The van der Waals surface area contributed by atoms with Crippen LogP contribution in [0.2, 0.25) is 0 Å². The monoisotopic (exact) mass is 346 g/mol. The van der Waals surface area contributed by atoms with Gasteiger partial charge in [-0.1, -0.05) is 24.3 Å². The highest BCUT2D eigenvalue weighted by atomic mass is 16.2. The lowest BCUT2D eigenvalue weighted by molar-refractivity contribution is -0.133. The third-order valence-corrected chi connectivity index (χ3v) is 5.25. The van der Waals surface area contributed by atoms with Gasteiger partial charge in [0.2, 0.25) is 0 Å². The number of carbonyl (C=O) groups excluding carboxylic acids is 2. The molecule has 2 fully saturated rings. The molecule has 2 aromatic rings. The average Bonchev–Trinajstić information content (AvgIpc) is 3.17. The summed E-state index contributed by atoms with van der Waals surface area (Å²) in [6, 6.07) is 10.7. The third kappa shape index (κ3) is 2.53. The van der Waals surface area contributed by atoms with Crippen molar-refractivity contribution >= 4 is 17.6 Å². The average molecular weight is 346 g/mol. The van der Waals surface area contributed by atoms with E-state index in [1.807, 2.05) is 24.3 Å². The molecule has 2 saturated heterocycles. The molecule has 1 atom stereocenters. The van der Waals surface area contributed by atoms with Crippen LogP contribution in [0.5, 0.6) is 0 Å². The van der Waals surface area contributed by atoms with Crippen molar-refractivity contribution in [2.75, 3.05) is 6.54 Å². The van der Waals surface area contributed by atoms with E-state index < -0.39 is 5.54 Å². The molecule has 6 heteroatoms. The molecular formula is C20H18N4O2. The van der Waals surface area contributed by atoms with Crippen LogP contribution >= 0.6 is 0 Å². The molecular weight excluding hydrogens is 328 g/mol. The smallest absolute Gasteiger partial charge is 0.309 e. The second kappa shape index (κ2) is 6.26. The molecule has 0 spiro atoms.